The van der Waals surface area contributed by atoms with E-state index in [1.165, 1.54) is 0 Å². The molecule has 1 aromatic heterocycles. The molecule has 2 heterocycles. The highest BCUT2D eigenvalue weighted by molar-refractivity contribution is 6.54. The van der Waals surface area contributed by atoms with Crippen molar-refractivity contribution in [1.82, 2.24) is 20.9 Å². The maximum Gasteiger partial charge on any atom is 0.549 e. The van der Waals surface area contributed by atoms with Crippen molar-refractivity contribution in [1.29, 1.82) is 0 Å². The standard InChI is InChI=1S/C13H18N4O3.2C4H9.Al/c18-12(19)11(10-3-1-2-6-15-10)17-13(20)16-9-4-7-14-8-5-9;2*1-4(2)3;/h1-3,6,9,11,14H,4-5,7-8H2,(H,18,19)(H2,16,17,20);2*4H,1H2,2-3H3;/q;;;+1/p-1. The van der Waals surface area contributed by atoms with Crippen molar-refractivity contribution in [3.05, 3.63) is 30.1 Å². The summed E-state index contributed by atoms with van der Waals surface area (Å²) in [5, 5.41) is 10.9. The molecule has 0 saturated carbocycles. The second kappa shape index (κ2) is 12.2. The van der Waals surface area contributed by atoms with Crippen molar-refractivity contribution in [3.63, 3.8) is 0 Å². The topological polar surface area (TPSA) is 92.3 Å². The van der Waals surface area contributed by atoms with Crippen LogP contribution in [0.4, 0.5) is 4.79 Å². The third-order valence-corrected chi connectivity index (χ3v) is 8.42. The van der Waals surface area contributed by atoms with Gasteiger partial charge in [-0.05, 0) is 38.1 Å². The van der Waals surface area contributed by atoms with Crippen LogP contribution in [0.1, 0.15) is 52.3 Å². The molecule has 8 heteroatoms. The fourth-order valence-electron chi connectivity index (χ4n) is 3.60. The minimum atomic E-state index is -1.73. The molecule has 160 valence electrons. The third-order valence-electron chi connectivity index (χ3n) is 4.92. The number of carbonyl (C=O) groups is 2. The molecule has 3 N–H and O–H groups in total. The molecule has 1 fully saturated rings. The first-order valence-corrected chi connectivity index (χ1v) is 12.8. The van der Waals surface area contributed by atoms with Crippen LogP contribution in [-0.4, -0.2) is 50.6 Å². The highest BCUT2D eigenvalue weighted by atomic mass is 27.2. The van der Waals surface area contributed by atoms with Crippen LogP contribution in [0.5, 0.6) is 0 Å². The summed E-state index contributed by atoms with van der Waals surface area (Å²) in [5.41, 5.74) is 0.500. The zero-order chi connectivity index (χ0) is 21.2. The fourth-order valence-corrected chi connectivity index (χ4v) is 6.55. The van der Waals surface area contributed by atoms with Crippen molar-refractivity contribution < 1.29 is 13.4 Å². The van der Waals surface area contributed by atoms with Gasteiger partial charge in [0, 0.05) is 12.2 Å². The van der Waals surface area contributed by atoms with Gasteiger partial charge in [-0.3, -0.25) is 9.78 Å². The summed E-state index contributed by atoms with van der Waals surface area (Å²) in [6.45, 7) is 10.4. The summed E-state index contributed by atoms with van der Waals surface area (Å²) in [6, 6.07) is 4.21. The number of hydrogen-bond donors (Lipinski definition) is 3. The Morgan fingerprint density at radius 2 is 1.83 bits per heavy atom. The second-order valence-electron chi connectivity index (χ2n) is 8.65. The molecular formula is C21H35AlN4O3. The van der Waals surface area contributed by atoms with Gasteiger partial charge in [0.2, 0.25) is 0 Å². The molecule has 1 atom stereocenters. The Morgan fingerprint density at radius 1 is 1.17 bits per heavy atom. The lowest BCUT2D eigenvalue weighted by Gasteiger charge is -2.26. The largest absolute Gasteiger partial charge is 0.614 e. The van der Waals surface area contributed by atoms with Crippen LogP contribution in [0.25, 0.3) is 0 Å². The monoisotopic (exact) mass is 418 g/mol. The first kappa shape index (κ1) is 23.7. The molecular weight excluding hydrogens is 383 g/mol. The summed E-state index contributed by atoms with van der Waals surface area (Å²) in [6.07, 6.45) is 3.38. The van der Waals surface area contributed by atoms with Crippen molar-refractivity contribution in [2.75, 3.05) is 13.1 Å². The second-order valence-corrected chi connectivity index (χ2v) is 11.1. The Bertz CT molecular complexity index is 626. The van der Waals surface area contributed by atoms with Gasteiger partial charge in [0.1, 0.15) is 0 Å². The van der Waals surface area contributed by atoms with Gasteiger partial charge in [-0.15, -0.1) is 0 Å². The molecule has 1 aliphatic rings. The Labute approximate surface area is 179 Å². The zero-order valence-corrected chi connectivity index (χ0v) is 19.3. The lowest BCUT2D eigenvalue weighted by Crippen LogP contribution is -2.49. The number of amides is 2. The fraction of sp³-hybridized carbons (Fsp3) is 0.667. The number of hydrogen-bond acceptors (Lipinski definition) is 5. The number of nitrogens with zero attached hydrogens (tertiary/aromatic N) is 1. The molecule has 0 aliphatic carbocycles. The Morgan fingerprint density at radius 3 is 2.38 bits per heavy atom. The highest BCUT2D eigenvalue weighted by Crippen LogP contribution is 2.19. The van der Waals surface area contributed by atoms with E-state index in [1.54, 1.807) is 18.3 Å². The van der Waals surface area contributed by atoms with E-state index in [-0.39, 0.29) is 12.1 Å². The Kier molecular flexibility index (Phi) is 9.92. The van der Waals surface area contributed by atoms with Gasteiger partial charge in [-0.1, -0.05) is 56.2 Å². The van der Waals surface area contributed by atoms with Crippen molar-refractivity contribution in [2.24, 2.45) is 11.8 Å². The maximum absolute atomic E-state index is 13.1. The summed E-state index contributed by atoms with van der Waals surface area (Å²) >= 11 is -1.73. The van der Waals surface area contributed by atoms with Crippen LogP contribution in [0.3, 0.4) is 0 Å². The SMILES string of the molecule is CC(C)[CH2][Al]([CH2]C(C)C)[O]C(=O)C(NC(=O)NC1CCNCC1)c1ccccn1. The van der Waals surface area contributed by atoms with Crippen molar-refractivity contribution >= 4 is 26.5 Å². The van der Waals surface area contributed by atoms with E-state index in [0.29, 0.717) is 17.5 Å². The van der Waals surface area contributed by atoms with Gasteiger partial charge in [-0.2, -0.15) is 0 Å². The normalized spacial score (nSPS) is 15.8. The smallest absolute Gasteiger partial charge is 0.549 e. The van der Waals surface area contributed by atoms with Crippen LogP contribution in [0, 0.1) is 11.8 Å². The third kappa shape index (κ3) is 8.73. The van der Waals surface area contributed by atoms with Gasteiger partial charge in [0.05, 0.1) is 5.69 Å². The molecule has 0 radical (unpaired) electrons. The Hall–Kier alpha value is -1.62. The van der Waals surface area contributed by atoms with Crippen molar-refractivity contribution in [3.8, 4) is 0 Å². The average molecular weight is 419 g/mol. The highest BCUT2D eigenvalue weighted by Gasteiger charge is 2.33. The number of urea groups is 1. The van der Waals surface area contributed by atoms with E-state index < -0.39 is 26.5 Å². The number of aromatic nitrogens is 1. The van der Waals surface area contributed by atoms with E-state index in [0.717, 1.165) is 36.5 Å². The minimum Gasteiger partial charge on any atom is -0.614 e. The quantitative estimate of drug-likeness (QED) is 0.536. The number of rotatable bonds is 9. The average Bonchev–Trinajstić information content (AvgIpc) is 2.66. The molecule has 2 rings (SSSR count). The van der Waals surface area contributed by atoms with Crippen molar-refractivity contribution in [2.45, 2.75) is 63.2 Å². The molecule has 0 bridgehead atoms. The molecule has 1 unspecified atom stereocenters. The van der Waals surface area contributed by atoms with Gasteiger partial charge >= 0.3 is 20.5 Å². The number of carbonyl (C=O) groups excluding carboxylic acids is 2. The predicted octanol–water partition coefficient (Wildman–Crippen LogP) is 3.02. The lowest BCUT2D eigenvalue weighted by atomic mass is 10.1. The molecule has 7 nitrogen and oxygen atoms in total. The molecule has 1 aliphatic heterocycles. The minimum absolute atomic E-state index is 0.112. The summed E-state index contributed by atoms with van der Waals surface area (Å²) in [4.78, 5) is 29.9. The van der Waals surface area contributed by atoms with Crippen LogP contribution >= 0.6 is 0 Å². The molecule has 1 saturated heterocycles. The van der Waals surface area contributed by atoms with Gasteiger partial charge in [0.15, 0.2) is 6.04 Å². The van der Waals surface area contributed by atoms with E-state index >= 15 is 0 Å². The zero-order valence-electron chi connectivity index (χ0n) is 18.1. The van der Waals surface area contributed by atoms with E-state index in [4.69, 9.17) is 3.79 Å². The molecule has 0 spiro atoms. The summed E-state index contributed by atoms with van der Waals surface area (Å²) < 4.78 is 5.99. The first-order valence-electron chi connectivity index (χ1n) is 10.7. The van der Waals surface area contributed by atoms with Gasteiger partial charge in [-0.25, -0.2) is 4.79 Å². The maximum atomic E-state index is 13.1. The van der Waals surface area contributed by atoms with Gasteiger partial charge < -0.3 is 19.7 Å². The molecule has 0 aromatic carbocycles. The van der Waals surface area contributed by atoms with Gasteiger partial charge in [0.25, 0.3) is 5.97 Å². The van der Waals surface area contributed by atoms with Crippen LogP contribution in [-0.2, 0) is 8.58 Å². The molecule has 29 heavy (non-hydrogen) atoms. The number of pyridine rings is 1. The summed E-state index contributed by atoms with van der Waals surface area (Å²) in [7, 11) is 0. The number of piperidine rings is 1. The van der Waals surface area contributed by atoms with E-state index in [1.807, 2.05) is 6.07 Å². The Balaban J connectivity index is 2.07. The van der Waals surface area contributed by atoms with Crippen LogP contribution < -0.4 is 16.0 Å². The van der Waals surface area contributed by atoms with E-state index in [9.17, 15) is 9.59 Å². The number of nitrogens with one attached hydrogen (secondary N) is 3. The molecule has 1 aromatic rings. The molecule has 2 amide bonds. The summed E-state index contributed by atoms with van der Waals surface area (Å²) in [5.74, 6) is 0.549. The van der Waals surface area contributed by atoms with Crippen LogP contribution in [0.15, 0.2) is 24.4 Å². The lowest BCUT2D eigenvalue weighted by molar-refractivity contribution is -0.137. The first-order chi connectivity index (χ1) is 13.8. The predicted molar refractivity (Wildman–Crippen MR) is 116 cm³/mol. The van der Waals surface area contributed by atoms with Crippen LogP contribution in [0.2, 0.25) is 10.6 Å². The van der Waals surface area contributed by atoms with E-state index in [2.05, 4.69) is 48.6 Å².